The van der Waals surface area contributed by atoms with E-state index in [1.807, 2.05) is 10.6 Å². The molecule has 0 spiro atoms. The van der Waals surface area contributed by atoms with Crippen LogP contribution in [0.15, 0.2) is 29.4 Å². The van der Waals surface area contributed by atoms with Gasteiger partial charge in [0.2, 0.25) is 0 Å². The number of benzene rings is 1. The van der Waals surface area contributed by atoms with Crippen molar-refractivity contribution >= 4 is 17.4 Å². The van der Waals surface area contributed by atoms with Gasteiger partial charge in [-0.05, 0) is 0 Å². The van der Waals surface area contributed by atoms with Crippen LogP contribution >= 0.6 is 11.8 Å². The topological polar surface area (TPSA) is 73.8 Å². The van der Waals surface area contributed by atoms with Gasteiger partial charge in [0.05, 0.1) is 4.92 Å². The third kappa shape index (κ3) is 1.76. The number of non-ortho nitro benzene ring substituents is 1. The molecule has 0 unspecified atom stereocenters. The number of thioether (sulfide) groups is 1. The van der Waals surface area contributed by atoms with E-state index >= 15 is 0 Å². The minimum absolute atomic E-state index is 0.0727. The molecule has 0 fully saturated rings. The van der Waals surface area contributed by atoms with E-state index in [0.717, 1.165) is 17.3 Å². The fourth-order valence-corrected chi connectivity index (χ4v) is 2.95. The fourth-order valence-electron chi connectivity index (χ4n) is 1.99. The smallest absolute Gasteiger partial charge is 0.270 e. The highest BCUT2D eigenvalue weighted by molar-refractivity contribution is 7.99. The lowest BCUT2D eigenvalue weighted by atomic mass is 10.2. The first-order valence-corrected chi connectivity index (χ1v) is 6.38. The first-order valence-electron chi connectivity index (χ1n) is 5.50. The van der Waals surface area contributed by atoms with E-state index in [2.05, 4.69) is 17.1 Å². The largest absolute Gasteiger partial charge is 0.301 e. The van der Waals surface area contributed by atoms with Gasteiger partial charge in [-0.15, -0.1) is 10.2 Å². The summed E-state index contributed by atoms with van der Waals surface area (Å²) >= 11 is 1.67. The number of aromatic nitrogens is 3. The summed E-state index contributed by atoms with van der Waals surface area (Å²) in [5.41, 5.74) is 0.807. The summed E-state index contributed by atoms with van der Waals surface area (Å²) in [6, 6.07) is 6.49. The Morgan fingerprint density at radius 2 is 2.33 bits per heavy atom. The van der Waals surface area contributed by atoms with Crippen LogP contribution in [0.3, 0.4) is 0 Å². The number of nitro benzene ring substituents is 1. The summed E-state index contributed by atoms with van der Waals surface area (Å²) in [5, 5.41) is 20.3. The molecule has 1 aromatic carbocycles. The van der Waals surface area contributed by atoms with Crippen molar-refractivity contribution < 1.29 is 4.92 Å². The van der Waals surface area contributed by atoms with Crippen molar-refractivity contribution in [3.05, 3.63) is 34.4 Å². The minimum atomic E-state index is -0.401. The van der Waals surface area contributed by atoms with E-state index < -0.39 is 4.92 Å². The van der Waals surface area contributed by atoms with Gasteiger partial charge in [0.25, 0.3) is 5.69 Å². The molecule has 1 aliphatic rings. The van der Waals surface area contributed by atoms with Crippen LogP contribution in [0.2, 0.25) is 0 Å². The molecule has 92 valence electrons. The molecule has 0 saturated heterocycles. The number of fused-ring (bicyclic) bond motifs is 1. The van der Waals surface area contributed by atoms with Crippen molar-refractivity contribution in [3.63, 3.8) is 0 Å². The van der Waals surface area contributed by atoms with Gasteiger partial charge in [0.1, 0.15) is 0 Å². The van der Waals surface area contributed by atoms with Gasteiger partial charge in [-0.3, -0.25) is 10.1 Å². The molecule has 0 amide bonds. The van der Waals surface area contributed by atoms with Gasteiger partial charge in [0, 0.05) is 29.5 Å². The molecule has 0 radical (unpaired) electrons. The first kappa shape index (κ1) is 11.2. The highest BCUT2D eigenvalue weighted by Gasteiger charge is 2.24. The fraction of sp³-hybridized carbons (Fsp3) is 0.273. The third-order valence-corrected chi connectivity index (χ3v) is 3.84. The van der Waals surface area contributed by atoms with Crippen LogP contribution in [0, 0.1) is 10.1 Å². The first-order chi connectivity index (χ1) is 8.65. The molecule has 3 rings (SSSR count). The van der Waals surface area contributed by atoms with Crippen LogP contribution < -0.4 is 0 Å². The molecule has 1 atom stereocenters. The molecule has 0 aliphatic carbocycles. The molecular weight excluding hydrogens is 252 g/mol. The number of nitrogens with zero attached hydrogens (tertiary/aromatic N) is 4. The maximum absolute atomic E-state index is 10.8. The average molecular weight is 262 g/mol. The second kappa shape index (κ2) is 4.09. The Hall–Kier alpha value is -1.89. The molecule has 18 heavy (non-hydrogen) atoms. The second-order valence-electron chi connectivity index (χ2n) is 4.15. The summed E-state index contributed by atoms with van der Waals surface area (Å²) in [5.74, 6) is 0.700. The van der Waals surface area contributed by atoms with Crippen molar-refractivity contribution in [1.82, 2.24) is 14.8 Å². The van der Waals surface area contributed by atoms with Crippen LogP contribution in [0.5, 0.6) is 0 Å². The van der Waals surface area contributed by atoms with Crippen LogP contribution in [0.1, 0.15) is 6.92 Å². The van der Waals surface area contributed by atoms with E-state index in [1.54, 1.807) is 17.8 Å². The van der Waals surface area contributed by atoms with Crippen molar-refractivity contribution in [2.75, 3.05) is 0 Å². The summed E-state index contributed by atoms with van der Waals surface area (Å²) in [6.07, 6.45) is 0. The number of nitro groups is 1. The maximum Gasteiger partial charge on any atom is 0.270 e. The molecule has 0 saturated carbocycles. The minimum Gasteiger partial charge on any atom is -0.301 e. The van der Waals surface area contributed by atoms with E-state index in [-0.39, 0.29) is 5.69 Å². The van der Waals surface area contributed by atoms with Crippen molar-refractivity contribution in [2.24, 2.45) is 0 Å². The second-order valence-corrected chi connectivity index (χ2v) is 5.56. The highest BCUT2D eigenvalue weighted by atomic mass is 32.2. The molecule has 6 nitrogen and oxygen atoms in total. The molecule has 1 aliphatic heterocycles. The van der Waals surface area contributed by atoms with Crippen molar-refractivity contribution in [2.45, 2.75) is 23.9 Å². The summed E-state index contributed by atoms with van der Waals surface area (Å²) in [7, 11) is 0. The third-order valence-electron chi connectivity index (χ3n) is 2.78. The zero-order valence-corrected chi connectivity index (χ0v) is 10.4. The van der Waals surface area contributed by atoms with E-state index in [1.165, 1.54) is 12.1 Å². The Morgan fingerprint density at radius 3 is 3.11 bits per heavy atom. The SMILES string of the molecule is C[C@H]1Cn2c(nnc2-c2cccc([N+](=O)[O-])c2)S1. The van der Waals surface area contributed by atoms with Crippen molar-refractivity contribution in [1.29, 1.82) is 0 Å². The predicted molar refractivity (Wildman–Crippen MR) is 67.4 cm³/mol. The van der Waals surface area contributed by atoms with Gasteiger partial charge in [-0.2, -0.15) is 0 Å². The summed E-state index contributed by atoms with van der Waals surface area (Å²) < 4.78 is 2.01. The molecule has 0 N–H and O–H groups in total. The van der Waals surface area contributed by atoms with Crippen LogP contribution in [-0.2, 0) is 6.54 Å². The lowest BCUT2D eigenvalue weighted by Gasteiger charge is -2.03. The lowest BCUT2D eigenvalue weighted by molar-refractivity contribution is -0.384. The van der Waals surface area contributed by atoms with E-state index in [4.69, 9.17) is 0 Å². The van der Waals surface area contributed by atoms with E-state index in [0.29, 0.717) is 11.1 Å². The average Bonchev–Trinajstić information content (AvgIpc) is 2.87. The van der Waals surface area contributed by atoms with Gasteiger partial charge in [0.15, 0.2) is 11.0 Å². The Balaban J connectivity index is 2.06. The van der Waals surface area contributed by atoms with Crippen molar-refractivity contribution in [3.8, 4) is 11.4 Å². The normalized spacial score (nSPS) is 17.7. The number of hydrogen-bond acceptors (Lipinski definition) is 5. The lowest BCUT2D eigenvalue weighted by Crippen LogP contribution is -2.03. The predicted octanol–water partition coefficient (Wildman–Crippen LogP) is 2.35. The van der Waals surface area contributed by atoms with Gasteiger partial charge < -0.3 is 4.57 Å². The summed E-state index contributed by atoms with van der Waals surface area (Å²) in [4.78, 5) is 10.4. The standard InChI is InChI=1S/C11H10N4O2S/c1-7-6-14-10(12-13-11(14)18-7)8-3-2-4-9(5-8)15(16)17/h2-5,7H,6H2,1H3/t7-/m0/s1. The molecule has 0 bridgehead atoms. The highest BCUT2D eigenvalue weighted by Crippen LogP contribution is 2.34. The van der Waals surface area contributed by atoms with Gasteiger partial charge >= 0.3 is 0 Å². The molecule has 2 heterocycles. The quantitative estimate of drug-likeness (QED) is 0.613. The molecular formula is C11H10N4O2S. The van der Waals surface area contributed by atoms with Gasteiger partial charge in [-0.25, -0.2) is 0 Å². The Labute approximate surface area is 107 Å². The Kier molecular flexibility index (Phi) is 2.55. The summed E-state index contributed by atoms with van der Waals surface area (Å²) in [6.45, 7) is 2.96. The Bertz CT molecular complexity index is 625. The van der Waals surface area contributed by atoms with Crippen LogP contribution in [-0.4, -0.2) is 24.9 Å². The number of rotatable bonds is 2. The zero-order valence-electron chi connectivity index (χ0n) is 9.61. The number of hydrogen-bond donors (Lipinski definition) is 0. The monoisotopic (exact) mass is 262 g/mol. The molecule has 1 aromatic heterocycles. The Morgan fingerprint density at radius 1 is 1.50 bits per heavy atom. The zero-order chi connectivity index (χ0) is 12.7. The molecule has 2 aromatic rings. The van der Waals surface area contributed by atoms with E-state index in [9.17, 15) is 10.1 Å². The molecule has 7 heteroatoms. The van der Waals surface area contributed by atoms with Crippen LogP contribution in [0.4, 0.5) is 5.69 Å². The van der Waals surface area contributed by atoms with Gasteiger partial charge in [-0.1, -0.05) is 30.8 Å². The van der Waals surface area contributed by atoms with Crippen LogP contribution in [0.25, 0.3) is 11.4 Å². The maximum atomic E-state index is 10.8.